The van der Waals surface area contributed by atoms with Crippen molar-refractivity contribution >= 4 is 11.6 Å². The van der Waals surface area contributed by atoms with Crippen LogP contribution in [0.4, 0.5) is 5.69 Å². The fraction of sp³-hybridized carbons (Fsp3) is 0.522. The summed E-state index contributed by atoms with van der Waals surface area (Å²) in [5, 5.41) is 2.59. The van der Waals surface area contributed by atoms with Crippen molar-refractivity contribution < 1.29 is 9.53 Å². The average molecular weight is 412 g/mol. The van der Waals surface area contributed by atoms with Crippen LogP contribution in [0.5, 0.6) is 5.88 Å². The van der Waals surface area contributed by atoms with E-state index < -0.39 is 0 Å². The van der Waals surface area contributed by atoms with Crippen molar-refractivity contribution in [2.75, 3.05) is 44.7 Å². The normalized spacial score (nSPS) is 13.3. The number of anilines is 1. The van der Waals surface area contributed by atoms with Crippen LogP contribution in [0.3, 0.4) is 0 Å². The molecule has 0 spiro atoms. The van der Waals surface area contributed by atoms with Gasteiger partial charge in [0, 0.05) is 39.2 Å². The summed E-state index contributed by atoms with van der Waals surface area (Å²) in [6, 6.07) is 7.80. The summed E-state index contributed by atoms with van der Waals surface area (Å²) in [6.45, 7) is 10.1. The molecule has 1 aliphatic rings. The average Bonchev–Trinajstić information content (AvgIpc) is 2.80. The third kappa shape index (κ3) is 5.69. The molecule has 0 aromatic carbocycles. The number of fused-ring (bicyclic) bond motifs is 1. The first-order valence-corrected chi connectivity index (χ1v) is 10.9. The Morgan fingerprint density at radius 3 is 2.80 bits per heavy atom. The number of amides is 1. The fourth-order valence-electron chi connectivity index (χ4n) is 3.74. The highest BCUT2D eigenvalue weighted by molar-refractivity contribution is 5.92. The number of carbonyl (C=O) groups excluding carboxylic acids is 1. The number of rotatable bonds is 10. The van der Waals surface area contributed by atoms with Gasteiger partial charge in [0.25, 0.3) is 5.91 Å². The SMILES string of the molecule is CCCN(CC)CCCOc1ccc2c(n1)CCN(c1ccc(C(=O)NC)nc1)C2. The molecule has 2 aromatic rings. The number of nitrogens with one attached hydrogen (secondary N) is 1. The Kier molecular flexibility index (Phi) is 8.02. The van der Waals surface area contributed by atoms with Crippen LogP contribution in [-0.2, 0) is 13.0 Å². The molecule has 3 heterocycles. The van der Waals surface area contributed by atoms with Gasteiger partial charge in [-0.3, -0.25) is 4.79 Å². The number of nitrogens with zero attached hydrogens (tertiary/aromatic N) is 4. The largest absolute Gasteiger partial charge is 0.478 e. The van der Waals surface area contributed by atoms with Crippen molar-refractivity contribution in [3.8, 4) is 5.88 Å². The van der Waals surface area contributed by atoms with E-state index in [4.69, 9.17) is 9.72 Å². The van der Waals surface area contributed by atoms with Crippen molar-refractivity contribution in [3.63, 3.8) is 0 Å². The zero-order chi connectivity index (χ0) is 21.3. The molecule has 7 nitrogen and oxygen atoms in total. The molecule has 0 saturated carbocycles. The maximum absolute atomic E-state index is 11.7. The second-order valence-electron chi connectivity index (χ2n) is 7.54. The van der Waals surface area contributed by atoms with Gasteiger partial charge in [-0.15, -0.1) is 0 Å². The first-order chi connectivity index (χ1) is 14.6. The minimum Gasteiger partial charge on any atom is -0.478 e. The maximum atomic E-state index is 11.7. The number of hydrogen-bond donors (Lipinski definition) is 1. The van der Waals surface area contributed by atoms with Gasteiger partial charge in [-0.05, 0) is 43.6 Å². The van der Waals surface area contributed by atoms with E-state index in [0.717, 1.165) is 62.8 Å². The fourth-order valence-corrected chi connectivity index (χ4v) is 3.74. The van der Waals surface area contributed by atoms with Gasteiger partial charge in [-0.25, -0.2) is 9.97 Å². The van der Waals surface area contributed by atoms with Crippen LogP contribution in [0.15, 0.2) is 30.5 Å². The molecule has 0 bridgehead atoms. The monoisotopic (exact) mass is 411 g/mol. The first kappa shape index (κ1) is 22.0. The number of ether oxygens (including phenoxy) is 1. The van der Waals surface area contributed by atoms with Crippen LogP contribution in [0.25, 0.3) is 0 Å². The summed E-state index contributed by atoms with van der Waals surface area (Å²) in [5.41, 5.74) is 3.77. The Morgan fingerprint density at radius 2 is 2.10 bits per heavy atom. The molecular formula is C23H33N5O2. The molecule has 0 atom stereocenters. The molecule has 0 radical (unpaired) electrons. The van der Waals surface area contributed by atoms with Gasteiger partial charge in [-0.2, -0.15) is 0 Å². The first-order valence-electron chi connectivity index (χ1n) is 10.9. The Morgan fingerprint density at radius 1 is 1.23 bits per heavy atom. The summed E-state index contributed by atoms with van der Waals surface area (Å²) in [7, 11) is 1.61. The molecule has 162 valence electrons. The van der Waals surface area contributed by atoms with Gasteiger partial charge in [-0.1, -0.05) is 19.9 Å². The van der Waals surface area contributed by atoms with Crippen LogP contribution < -0.4 is 15.0 Å². The summed E-state index contributed by atoms with van der Waals surface area (Å²) in [4.78, 5) is 25.4. The molecule has 0 saturated heterocycles. The van der Waals surface area contributed by atoms with Crippen molar-refractivity contribution in [1.82, 2.24) is 20.2 Å². The van der Waals surface area contributed by atoms with Crippen molar-refractivity contribution in [1.29, 1.82) is 0 Å². The Bertz CT molecular complexity index is 825. The Balaban J connectivity index is 1.53. The number of carbonyl (C=O) groups is 1. The molecule has 3 rings (SSSR count). The molecule has 0 aliphatic carbocycles. The van der Waals surface area contributed by atoms with Crippen molar-refractivity contribution in [2.45, 2.75) is 39.7 Å². The maximum Gasteiger partial charge on any atom is 0.269 e. The van der Waals surface area contributed by atoms with Crippen molar-refractivity contribution in [3.05, 3.63) is 47.4 Å². The lowest BCUT2D eigenvalue weighted by atomic mass is 10.1. The van der Waals surface area contributed by atoms with Crippen LogP contribution in [0, 0.1) is 0 Å². The summed E-state index contributed by atoms with van der Waals surface area (Å²) < 4.78 is 5.90. The van der Waals surface area contributed by atoms with Gasteiger partial charge in [0.1, 0.15) is 5.69 Å². The zero-order valence-corrected chi connectivity index (χ0v) is 18.4. The minimum absolute atomic E-state index is 0.171. The van der Waals surface area contributed by atoms with E-state index in [-0.39, 0.29) is 5.91 Å². The van der Waals surface area contributed by atoms with Crippen LogP contribution in [0.2, 0.25) is 0 Å². The standard InChI is InChI=1S/C23H33N5O2/c1-4-12-27(5-2)13-6-15-30-22-10-7-18-17-28(14-11-20(18)26-22)19-8-9-21(25-16-19)23(29)24-3/h7-10,16H,4-6,11-15,17H2,1-3H3,(H,24,29). The Labute approximate surface area is 179 Å². The van der Waals surface area contributed by atoms with Crippen LogP contribution >= 0.6 is 0 Å². The molecule has 1 amide bonds. The lowest BCUT2D eigenvalue weighted by molar-refractivity contribution is 0.0958. The second-order valence-corrected chi connectivity index (χ2v) is 7.54. The Hall–Kier alpha value is -2.67. The predicted octanol–water partition coefficient (Wildman–Crippen LogP) is 2.90. The molecule has 0 fully saturated rings. The van der Waals surface area contributed by atoms with E-state index >= 15 is 0 Å². The molecular weight excluding hydrogens is 378 g/mol. The highest BCUT2D eigenvalue weighted by Crippen LogP contribution is 2.25. The van der Waals surface area contributed by atoms with Gasteiger partial charge in [0.2, 0.25) is 5.88 Å². The van der Waals surface area contributed by atoms with E-state index in [1.807, 2.05) is 12.1 Å². The zero-order valence-electron chi connectivity index (χ0n) is 18.4. The highest BCUT2D eigenvalue weighted by atomic mass is 16.5. The third-order valence-electron chi connectivity index (χ3n) is 5.45. The van der Waals surface area contributed by atoms with E-state index in [0.29, 0.717) is 12.3 Å². The second kappa shape index (κ2) is 10.9. The molecule has 2 aromatic heterocycles. The predicted molar refractivity (Wildman–Crippen MR) is 119 cm³/mol. The van der Waals surface area contributed by atoms with Gasteiger partial charge in [0.15, 0.2) is 0 Å². The van der Waals surface area contributed by atoms with Gasteiger partial charge in [0.05, 0.1) is 24.2 Å². The lowest BCUT2D eigenvalue weighted by Crippen LogP contribution is -2.31. The van der Waals surface area contributed by atoms with Crippen molar-refractivity contribution in [2.24, 2.45) is 0 Å². The van der Waals surface area contributed by atoms with Gasteiger partial charge >= 0.3 is 0 Å². The smallest absolute Gasteiger partial charge is 0.269 e. The molecule has 7 heteroatoms. The lowest BCUT2D eigenvalue weighted by Gasteiger charge is -2.30. The minimum atomic E-state index is -0.171. The molecule has 0 unspecified atom stereocenters. The van der Waals surface area contributed by atoms with Gasteiger partial charge < -0.3 is 19.9 Å². The van der Waals surface area contributed by atoms with E-state index in [1.54, 1.807) is 19.3 Å². The molecule has 1 N–H and O–H groups in total. The molecule has 1 aliphatic heterocycles. The topological polar surface area (TPSA) is 70.6 Å². The summed E-state index contributed by atoms with van der Waals surface area (Å²) in [5.74, 6) is 0.548. The number of hydrogen-bond acceptors (Lipinski definition) is 6. The highest BCUT2D eigenvalue weighted by Gasteiger charge is 2.19. The van der Waals surface area contributed by atoms with Crippen LogP contribution in [0.1, 0.15) is 48.4 Å². The third-order valence-corrected chi connectivity index (χ3v) is 5.45. The summed E-state index contributed by atoms with van der Waals surface area (Å²) >= 11 is 0. The van der Waals surface area contributed by atoms with Crippen LogP contribution in [-0.4, -0.2) is 60.6 Å². The number of pyridine rings is 2. The number of aromatic nitrogens is 2. The van der Waals surface area contributed by atoms with E-state index in [9.17, 15) is 4.79 Å². The quantitative estimate of drug-likeness (QED) is 0.606. The van der Waals surface area contributed by atoms with E-state index in [2.05, 4.69) is 40.0 Å². The summed E-state index contributed by atoms with van der Waals surface area (Å²) in [6.07, 6.45) is 4.83. The molecule has 30 heavy (non-hydrogen) atoms. The van der Waals surface area contributed by atoms with E-state index in [1.165, 1.54) is 12.0 Å².